The standard InChI is InChI=1S/C18H26N2/c1-3-4-7-12-19-14-18-11-8-13-20(18)15-17-10-6-5-9-16(17)2/h5-6,8-11,13,19H,3-4,7,12,14-15H2,1-2H3. The number of nitrogens with one attached hydrogen (secondary N) is 1. The van der Waals surface area contributed by atoms with Crippen molar-refractivity contribution in [3.63, 3.8) is 0 Å². The van der Waals surface area contributed by atoms with Crippen LogP contribution >= 0.6 is 0 Å². The van der Waals surface area contributed by atoms with Crippen molar-refractivity contribution in [3.05, 3.63) is 59.4 Å². The lowest BCUT2D eigenvalue weighted by molar-refractivity contribution is 0.593. The largest absolute Gasteiger partial charge is 0.346 e. The molecule has 20 heavy (non-hydrogen) atoms. The van der Waals surface area contributed by atoms with Gasteiger partial charge in [-0.2, -0.15) is 0 Å². The summed E-state index contributed by atoms with van der Waals surface area (Å²) in [5.41, 5.74) is 4.13. The summed E-state index contributed by atoms with van der Waals surface area (Å²) in [7, 11) is 0. The quantitative estimate of drug-likeness (QED) is 0.714. The molecule has 0 saturated carbocycles. The highest BCUT2D eigenvalue weighted by molar-refractivity contribution is 5.26. The molecule has 2 rings (SSSR count). The first-order valence-corrected chi connectivity index (χ1v) is 7.70. The van der Waals surface area contributed by atoms with Crippen LogP contribution in [0.1, 0.15) is 43.0 Å². The maximum Gasteiger partial charge on any atom is 0.0476 e. The molecule has 1 aromatic heterocycles. The van der Waals surface area contributed by atoms with Crippen LogP contribution in [0.2, 0.25) is 0 Å². The van der Waals surface area contributed by atoms with E-state index in [9.17, 15) is 0 Å². The molecule has 108 valence electrons. The molecule has 0 aliphatic heterocycles. The van der Waals surface area contributed by atoms with Crippen molar-refractivity contribution >= 4 is 0 Å². The Balaban J connectivity index is 1.90. The van der Waals surface area contributed by atoms with Gasteiger partial charge in [-0.15, -0.1) is 0 Å². The molecule has 2 nitrogen and oxygen atoms in total. The van der Waals surface area contributed by atoms with Crippen molar-refractivity contribution < 1.29 is 0 Å². The number of benzene rings is 1. The van der Waals surface area contributed by atoms with E-state index < -0.39 is 0 Å². The number of hydrogen-bond donors (Lipinski definition) is 1. The van der Waals surface area contributed by atoms with E-state index in [-0.39, 0.29) is 0 Å². The molecule has 0 spiro atoms. The van der Waals surface area contributed by atoms with Gasteiger partial charge in [0.25, 0.3) is 0 Å². The van der Waals surface area contributed by atoms with Gasteiger partial charge in [0.05, 0.1) is 0 Å². The Bertz CT molecular complexity index is 514. The molecular formula is C18H26N2. The van der Waals surface area contributed by atoms with Gasteiger partial charge in [0.2, 0.25) is 0 Å². The van der Waals surface area contributed by atoms with E-state index >= 15 is 0 Å². The number of hydrogen-bond acceptors (Lipinski definition) is 1. The first-order chi connectivity index (χ1) is 9.81. The number of aromatic nitrogens is 1. The fourth-order valence-electron chi connectivity index (χ4n) is 2.45. The molecule has 2 aromatic rings. The lowest BCUT2D eigenvalue weighted by Gasteiger charge is -2.12. The Labute approximate surface area is 122 Å². The number of rotatable bonds is 8. The van der Waals surface area contributed by atoms with Crippen LogP contribution in [0.25, 0.3) is 0 Å². The van der Waals surface area contributed by atoms with Gasteiger partial charge in [-0.3, -0.25) is 0 Å². The third-order valence-electron chi connectivity index (χ3n) is 3.79. The van der Waals surface area contributed by atoms with E-state index in [1.807, 2.05) is 0 Å². The molecule has 0 fully saturated rings. The molecule has 0 atom stereocenters. The van der Waals surface area contributed by atoms with Crippen LogP contribution in [-0.2, 0) is 13.1 Å². The summed E-state index contributed by atoms with van der Waals surface area (Å²) in [5, 5.41) is 3.54. The van der Waals surface area contributed by atoms with E-state index in [1.54, 1.807) is 0 Å². The molecule has 0 unspecified atom stereocenters. The van der Waals surface area contributed by atoms with Crippen LogP contribution in [0.5, 0.6) is 0 Å². The Hall–Kier alpha value is -1.54. The summed E-state index contributed by atoms with van der Waals surface area (Å²) in [6, 6.07) is 13.0. The minimum atomic E-state index is 0.961. The second-order valence-corrected chi connectivity index (χ2v) is 5.44. The van der Waals surface area contributed by atoms with Crippen LogP contribution in [0, 0.1) is 6.92 Å². The van der Waals surface area contributed by atoms with E-state index in [1.165, 1.54) is 36.1 Å². The second kappa shape index (κ2) is 7.91. The number of unbranched alkanes of at least 4 members (excludes halogenated alkanes) is 2. The fraction of sp³-hybridized carbons (Fsp3) is 0.444. The third-order valence-corrected chi connectivity index (χ3v) is 3.79. The molecule has 0 aliphatic rings. The van der Waals surface area contributed by atoms with Gasteiger partial charge in [0, 0.05) is 25.0 Å². The summed E-state index contributed by atoms with van der Waals surface area (Å²) < 4.78 is 2.34. The summed E-state index contributed by atoms with van der Waals surface area (Å²) in [4.78, 5) is 0. The topological polar surface area (TPSA) is 17.0 Å². The summed E-state index contributed by atoms with van der Waals surface area (Å²) >= 11 is 0. The van der Waals surface area contributed by atoms with Crippen LogP contribution in [-0.4, -0.2) is 11.1 Å². The lowest BCUT2D eigenvalue weighted by atomic mass is 10.1. The van der Waals surface area contributed by atoms with Crippen molar-refractivity contribution in [3.8, 4) is 0 Å². The van der Waals surface area contributed by atoms with Crippen LogP contribution in [0.15, 0.2) is 42.6 Å². The Morgan fingerprint density at radius 1 is 1.05 bits per heavy atom. The van der Waals surface area contributed by atoms with Crippen molar-refractivity contribution in [1.82, 2.24) is 9.88 Å². The maximum atomic E-state index is 3.54. The molecule has 1 N–H and O–H groups in total. The highest BCUT2D eigenvalue weighted by Gasteiger charge is 2.03. The lowest BCUT2D eigenvalue weighted by Crippen LogP contribution is -2.17. The summed E-state index contributed by atoms with van der Waals surface area (Å²) in [5.74, 6) is 0. The zero-order chi connectivity index (χ0) is 14.2. The smallest absolute Gasteiger partial charge is 0.0476 e. The minimum Gasteiger partial charge on any atom is -0.346 e. The normalized spacial score (nSPS) is 10.9. The van der Waals surface area contributed by atoms with Gasteiger partial charge in [0.15, 0.2) is 0 Å². The molecule has 1 aromatic carbocycles. The second-order valence-electron chi connectivity index (χ2n) is 5.44. The molecule has 0 aliphatic carbocycles. The van der Waals surface area contributed by atoms with Gasteiger partial charge in [-0.1, -0.05) is 44.0 Å². The maximum absolute atomic E-state index is 3.54. The van der Waals surface area contributed by atoms with E-state index in [2.05, 4.69) is 66.3 Å². The van der Waals surface area contributed by atoms with E-state index in [4.69, 9.17) is 0 Å². The first-order valence-electron chi connectivity index (χ1n) is 7.70. The molecular weight excluding hydrogens is 244 g/mol. The van der Waals surface area contributed by atoms with Crippen LogP contribution < -0.4 is 5.32 Å². The van der Waals surface area contributed by atoms with Gasteiger partial charge >= 0.3 is 0 Å². The van der Waals surface area contributed by atoms with Crippen molar-refractivity contribution in [1.29, 1.82) is 0 Å². The Morgan fingerprint density at radius 2 is 1.90 bits per heavy atom. The van der Waals surface area contributed by atoms with Crippen LogP contribution in [0.3, 0.4) is 0 Å². The van der Waals surface area contributed by atoms with Crippen molar-refractivity contribution in [2.45, 2.75) is 46.2 Å². The summed E-state index contributed by atoms with van der Waals surface area (Å²) in [6.07, 6.45) is 6.05. The molecule has 1 heterocycles. The minimum absolute atomic E-state index is 0.961. The molecule has 2 heteroatoms. The van der Waals surface area contributed by atoms with Gasteiger partial charge in [-0.25, -0.2) is 0 Å². The highest BCUT2D eigenvalue weighted by atomic mass is 15.0. The highest BCUT2D eigenvalue weighted by Crippen LogP contribution is 2.12. The predicted molar refractivity (Wildman–Crippen MR) is 85.9 cm³/mol. The molecule has 0 saturated heterocycles. The fourth-order valence-corrected chi connectivity index (χ4v) is 2.45. The van der Waals surface area contributed by atoms with Gasteiger partial charge in [0.1, 0.15) is 0 Å². The van der Waals surface area contributed by atoms with Crippen molar-refractivity contribution in [2.24, 2.45) is 0 Å². The van der Waals surface area contributed by atoms with E-state index in [0.29, 0.717) is 0 Å². The average Bonchev–Trinajstić information content (AvgIpc) is 2.89. The average molecular weight is 270 g/mol. The van der Waals surface area contributed by atoms with Gasteiger partial charge in [-0.05, 0) is 43.1 Å². The van der Waals surface area contributed by atoms with Gasteiger partial charge < -0.3 is 9.88 Å². The zero-order valence-corrected chi connectivity index (χ0v) is 12.7. The number of aryl methyl sites for hydroxylation is 1. The van der Waals surface area contributed by atoms with Crippen LogP contribution in [0.4, 0.5) is 0 Å². The Morgan fingerprint density at radius 3 is 2.70 bits per heavy atom. The number of nitrogens with zero attached hydrogens (tertiary/aromatic N) is 1. The first kappa shape index (κ1) is 14.9. The molecule has 0 bridgehead atoms. The zero-order valence-electron chi connectivity index (χ0n) is 12.7. The Kier molecular flexibility index (Phi) is 5.87. The summed E-state index contributed by atoms with van der Waals surface area (Å²) in [6.45, 7) is 7.46. The predicted octanol–water partition coefficient (Wildman–Crippen LogP) is 4.12. The SMILES string of the molecule is CCCCCNCc1cccn1Cc1ccccc1C. The molecule has 0 amide bonds. The van der Waals surface area contributed by atoms with Crippen molar-refractivity contribution in [2.75, 3.05) is 6.54 Å². The monoisotopic (exact) mass is 270 g/mol. The molecule has 0 radical (unpaired) electrons. The third kappa shape index (κ3) is 4.24. The van der Waals surface area contributed by atoms with E-state index in [0.717, 1.165) is 19.6 Å².